The fourth-order valence-electron chi connectivity index (χ4n) is 2.89. The summed E-state index contributed by atoms with van der Waals surface area (Å²) in [5.41, 5.74) is 2.85. The Morgan fingerprint density at radius 3 is 2.67 bits per heavy atom. The molecule has 0 unspecified atom stereocenters. The number of nitrogens with zero attached hydrogens (tertiary/aromatic N) is 2. The highest BCUT2D eigenvalue weighted by Gasteiger charge is 2.21. The van der Waals surface area contributed by atoms with Gasteiger partial charge in [0.15, 0.2) is 0 Å². The Hall–Kier alpha value is -1.64. The average molecular weight is 485 g/mol. The Balaban J connectivity index is 2.11. The van der Waals surface area contributed by atoms with Crippen molar-refractivity contribution < 1.29 is 12.6 Å². The van der Waals surface area contributed by atoms with Gasteiger partial charge in [-0.25, -0.2) is 4.68 Å². The molecule has 0 saturated carbocycles. The second kappa shape index (κ2) is 9.66. The number of unbranched alkanes of at least 4 members (excludes halogenated alkanes) is 1. The van der Waals surface area contributed by atoms with E-state index in [0.29, 0.717) is 21.4 Å². The molecule has 0 fully saturated rings. The van der Waals surface area contributed by atoms with Gasteiger partial charge in [-0.2, -0.15) is 13.5 Å². The molecule has 0 radical (unpaired) electrons. The van der Waals surface area contributed by atoms with Crippen LogP contribution in [0.1, 0.15) is 35.9 Å². The van der Waals surface area contributed by atoms with Crippen molar-refractivity contribution in [2.45, 2.75) is 33.3 Å². The van der Waals surface area contributed by atoms with Crippen LogP contribution in [0, 0.1) is 6.92 Å². The molecule has 0 N–H and O–H groups in total. The summed E-state index contributed by atoms with van der Waals surface area (Å²) in [6, 6.07) is 9.27. The number of hydrogen-bond acceptors (Lipinski definition) is 5. The first-order valence-electron chi connectivity index (χ1n) is 9.34. The van der Waals surface area contributed by atoms with Crippen molar-refractivity contribution in [3.63, 3.8) is 0 Å². The molecule has 0 spiro atoms. The maximum Gasteiger partial charge on any atom is 0.264 e. The van der Waals surface area contributed by atoms with Gasteiger partial charge in [0.2, 0.25) is 0 Å². The van der Waals surface area contributed by atoms with Crippen LogP contribution < -0.4 is 0 Å². The predicted molar refractivity (Wildman–Crippen MR) is 125 cm³/mol. The lowest BCUT2D eigenvalue weighted by Gasteiger charge is -2.09. The Morgan fingerprint density at radius 2 is 2.00 bits per heavy atom. The Morgan fingerprint density at radius 1 is 1.23 bits per heavy atom. The van der Waals surface area contributed by atoms with Crippen molar-refractivity contribution in [3.8, 4) is 16.3 Å². The minimum Gasteiger partial charge on any atom is -0.264 e. The van der Waals surface area contributed by atoms with E-state index < -0.39 is 10.1 Å². The van der Waals surface area contributed by atoms with Gasteiger partial charge in [-0.05, 0) is 49.8 Å². The molecular formula is C21H22Cl2N2O3S2. The van der Waals surface area contributed by atoms with Crippen molar-refractivity contribution in [1.82, 2.24) is 9.78 Å². The lowest BCUT2D eigenvalue weighted by Crippen LogP contribution is -2.04. The van der Waals surface area contributed by atoms with Crippen LogP contribution in [0.25, 0.3) is 22.3 Å². The highest BCUT2D eigenvalue weighted by molar-refractivity contribution is 7.85. The van der Waals surface area contributed by atoms with Gasteiger partial charge in [0.1, 0.15) is 6.61 Å². The van der Waals surface area contributed by atoms with Crippen LogP contribution in [0.5, 0.6) is 0 Å². The molecule has 3 aromatic rings. The van der Waals surface area contributed by atoms with E-state index >= 15 is 0 Å². The summed E-state index contributed by atoms with van der Waals surface area (Å²) in [6.07, 6.45) is 7.40. The summed E-state index contributed by atoms with van der Waals surface area (Å²) in [4.78, 5) is 2.12. The minimum atomic E-state index is -3.59. The van der Waals surface area contributed by atoms with Crippen LogP contribution in [-0.4, -0.2) is 24.5 Å². The van der Waals surface area contributed by atoms with E-state index in [4.69, 9.17) is 27.4 Å². The summed E-state index contributed by atoms with van der Waals surface area (Å²) >= 11 is 14.1. The summed E-state index contributed by atoms with van der Waals surface area (Å²) in [6.45, 7) is 3.89. The SMILES string of the molecule is CCC/C=C/c1ccc(-c2c(C)c(COS(C)(=O)=O)nn2-c2ccc(Cl)cc2Cl)s1. The molecule has 0 aliphatic rings. The molecule has 0 bridgehead atoms. The minimum absolute atomic E-state index is 0.148. The van der Waals surface area contributed by atoms with E-state index in [1.54, 1.807) is 34.2 Å². The fraction of sp³-hybridized carbons (Fsp3) is 0.286. The monoisotopic (exact) mass is 484 g/mol. The molecule has 1 aromatic carbocycles. The molecule has 30 heavy (non-hydrogen) atoms. The van der Waals surface area contributed by atoms with Gasteiger partial charge < -0.3 is 0 Å². The van der Waals surface area contributed by atoms with Crippen LogP contribution in [0.15, 0.2) is 36.4 Å². The molecular weight excluding hydrogens is 463 g/mol. The van der Waals surface area contributed by atoms with E-state index in [-0.39, 0.29) is 6.61 Å². The van der Waals surface area contributed by atoms with Gasteiger partial charge in [-0.15, -0.1) is 11.3 Å². The number of thiophene rings is 1. The van der Waals surface area contributed by atoms with Crippen molar-refractivity contribution >= 4 is 50.7 Å². The number of rotatable bonds is 8. The smallest absolute Gasteiger partial charge is 0.264 e. The molecule has 2 heterocycles. The molecule has 2 aromatic heterocycles. The predicted octanol–water partition coefficient (Wildman–Crippen LogP) is 6.51. The Kier molecular flexibility index (Phi) is 7.42. The zero-order chi connectivity index (χ0) is 21.9. The van der Waals surface area contributed by atoms with Crippen LogP contribution in [0.4, 0.5) is 0 Å². The van der Waals surface area contributed by atoms with Gasteiger partial charge in [-0.3, -0.25) is 4.18 Å². The van der Waals surface area contributed by atoms with Gasteiger partial charge in [0, 0.05) is 15.5 Å². The molecule has 0 amide bonds. The van der Waals surface area contributed by atoms with Crippen molar-refractivity contribution in [2.75, 3.05) is 6.26 Å². The van der Waals surface area contributed by atoms with Gasteiger partial charge in [0.05, 0.1) is 33.2 Å². The maximum absolute atomic E-state index is 11.5. The third kappa shape index (κ3) is 5.53. The lowest BCUT2D eigenvalue weighted by atomic mass is 10.2. The summed E-state index contributed by atoms with van der Waals surface area (Å²) in [5, 5.41) is 5.59. The second-order valence-corrected chi connectivity index (χ2v) is 10.4. The van der Waals surface area contributed by atoms with Gasteiger partial charge in [0.25, 0.3) is 10.1 Å². The fourth-order valence-corrected chi connectivity index (χ4v) is 4.73. The summed E-state index contributed by atoms with van der Waals surface area (Å²) < 4.78 is 29.7. The average Bonchev–Trinajstić information content (AvgIpc) is 3.24. The third-order valence-electron chi connectivity index (χ3n) is 4.37. The highest BCUT2D eigenvalue weighted by atomic mass is 35.5. The summed E-state index contributed by atoms with van der Waals surface area (Å²) in [7, 11) is -3.59. The number of benzene rings is 1. The molecule has 5 nitrogen and oxygen atoms in total. The maximum atomic E-state index is 11.5. The number of hydrogen-bond donors (Lipinski definition) is 0. The van der Waals surface area contributed by atoms with Gasteiger partial charge >= 0.3 is 0 Å². The van der Waals surface area contributed by atoms with Crippen LogP contribution in [0.3, 0.4) is 0 Å². The van der Waals surface area contributed by atoms with Gasteiger partial charge in [-0.1, -0.05) is 42.6 Å². The first kappa shape index (κ1) is 23.0. The standard InChI is InChI=1S/C21H22Cl2N2O3S2/c1-4-5-6-7-16-9-11-20(29-16)21-14(2)18(13-28-30(3,26)27)24-25(21)19-10-8-15(22)12-17(19)23/h6-12H,4-5,13H2,1-3H3/b7-6+. The Labute approximate surface area is 191 Å². The first-order chi connectivity index (χ1) is 14.2. The van der Waals surface area contributed by atoms with E-state index in [9.17, 15) is 8.42 Å². The van der Waals surface area contributed by atoms with E-state index in [1.165, 1.54) is 0 Å². The van der Waals surface area contributed by atoms with Crippen molar-refractivity contribution in [1.29, 1.82) is 0 Å². The molecule has 0 atom stereocenters. The highest BCUT2D eigenvalue weighted by Crippen LogP contribution is 2.36. The lowest BCUT2D eigenvalue weighted by molar-refractivity contribution is 0.305. The largest absolute Gasteiger partial charge is 0.264 e. The molecule has 0 aliphatic carbocycles. The van der Waals surface area contributed by atoms with E-state index in [0.717, 1.165) is 40.1 Å². The number of aromatic nitrogens is 2. The van der Waals surface area contributed by atoms with Crippen molar-refractivity contribution in [3.05, 3.63) is 62.6 Å². The van der Waals surface area contributed by atoms with Crippen LogP contribution >= 0.6 is 34.5 Å². The zero-order valence-electron chi connectivity index (χ0n) is 16.9. The van der Waals surface area contributed by atoms with E-state index in [2.05, 4.69) is 30.2 Å². The number of halogens is 2. The zero-order valence-corrected chi connectivity index (χ0v) is 20.0. The van der Waals surface area contributed by atoms with E-state index in [1.807, 2.05) is 13.0 Å². The molecule has 9 heteroatoms. The Bertz CT molecular complexity index is 1180. The second-order valence-electron chi connectivity index (χ2n) is 6.79. The molecule has 160 valence electrons. The van der Waals surface area contributed by atoms with Crippen molar-refractivity contribution in [2.24, 2.45) is 0 Å². The van der Waals surface area contributed by atoms with Crippen LogP contribution in [-0.2, 0) is 20.9 Å². The normalized spacial score (nSPS) is 12.2. The third-order valence-corrected chi connectivity index (χ3v) is 6.51. The molecule has 0 aliphatic heterocycles. The summed E-state index contributed by atoms with van der Waals surface area (Å²) in [5.74, 6) is 0. The quantitative estimate of drug-likeness (QED) is 0.342. The number of allylic oxidation sites excluding steroid dienone is 1. The van der Waals surface area contributed by atoms with Crippen LogP contribution in [0.2, 0.25) is 10.0 Å². The topological polar surface area (TPSA) is 61.2 Å². The molecule has 3 rings (SSSR count). The first-order valence-corrected chi connectivity index (χ1v) is 12.7. The molecule has 0 saturated heterocycles.